The molecule has 0 spiro atoms. The zero-order valence-electron chi connectivity index (χ0n) is 15.0. The van der Waals surface area contributed by atoms with Crippen LogP contribution in [-0.2, 0) is 9.53 Å². The Morgan fingerprint density at radius 1 is 1.20 bits per heavy atom. The van der Waals surface area contributed by atoms with Gasteiger partial charge in [-0.2, -0.15) is 0 Å². The van der Waals surface area contributed by atoms with Crippen LogP contribution in [0.1, 0.15) is 61.6 Å². The van der Waals surface area contributed by atoms with Crippen molar-refractivity contribution >= 4 is 11.8 Å². The zero-order valence-corrected chi connectivity index (χ0v) is 15.0. The predicted molar refractivity (Wildman–Crippen MR) is 94.0 cm³/mol. The predicted octanol–water partition coefficient (Wildman–Crippen LogP) is 2.09. The minimum absolute atomic E-state index is 0.00306. The number of carbonyl (C=O) groups is 2. The summed E-state index contributed by atoms with van der Waals surface area (Å²) in [6, 6.07) is 5.65. The van der Waals surface area contributed by atoms with Gasteiger partial charge in [0.15, 0.2) is 0 Å². The molecule has 2 aliphatic rings. The van der Waals surface area contributed by atoms with E-state index in [0.29, 0.717) is 37.0 Å². The number of hydrogen-bond donors (Lipinski definition) is 1. The topological polar surface area (TPSA) is 85.5 Å². The summed E-state index contributed by atoms with van der Waals surface area (Å²) in [5, 5.41) is 0. The molecule has 25 heavy (non-hydrogen) atoms. The van der Waals surface area contributed by atoms with Crippen molar-refractivity contribution in [2.45, 2.75) is 57.7 Å². The molecular formula is C19H27N3O3. The number of carbonyl (C=O) groups excluding carboxylic acids is 2. The van der Waals surface area contributed by atoms with E-state index in [0.717, 1.165) is 25.0 Å². The second kappa shape index (κ2) is 7.52. The van der Waals surface area contributed by atoms with Crippen LogP contribution in [0.15, 0.2) is 18.2 Å². The second-order valence-electron chi connectivity index (χ2n) is 7.37. The minimum Gasteiger partial charge on any atom is -0.367 e. The molecule has 0 saturated carbocycles. The van der Waals surface area contributed by atoms with Gasteiger partial charge in [0.1, 0.15) is 11.8 Å². The van der Waals surface area contributed by atoms with Gasteiger partial charge in [-0.05, 0) is 49.7 Å². The van der Waals surface area contributed by atoms with Crippen molar-refractivity contribution in [1.82, 2.24) is 9.88 Å². The van der Waals surface area contributed by atoms with Crippen LogP contribution >= 0.6 is 0 Å². The summed E-state index contributed by atoms with van der Waals surface area (Å²) in [6.07, 6.45) is 3.04. The highest BCUT2D eigenvalue weighted by Gasteiger charge is 2.36. The number of rotatable bonds is 4. The molecule has 2 fully saturated rings. The molecule has 2 atom stereocenters. The van der Waals surface area contributed by atoms with E-state index >= 15 is 0 Å². The van der Waals surface area contributed by atoms with Crippen LogP contribution in [0.5, 0.6) is 0 Å². The summed E-state index contributed by atoms with van der Waals surface area (Å²) >= 11 is 0. The third kappa shape index (κ3) is 4.00. The van der Waals surface area contributed by atoms with Crippen molar-refractivity contribution in [3.8, 4) is 0 Å². The van der Waals surface area contributed by atoms with Gasteiger partial charge in [0.05, 0.1) is 6.10 Å². The quantitative estimate of drug-likeness (QED) is 0.905. The molecule has 3 rings (SSSR count). The molecule has 0 aromatic carbocycles. The molecule has 2 N–H and O–H groups in total. The smallest absolute Gasteiger partial charge is 0.272 e. The lowest BCUT2D eigenvalue weighted by Crippen LogP contribution is -2.42. The molecule has 2 aliphatic heterocycles. The van der Waals surface area contributed by atoms with Gasteiger partial charge >= 0.3 is 0 Å². The normalized spacial score (nSPS) is 24.7. The highest BCUT2D eigenvalue weighted by Crippen LogP contribution is 2.32. The maximum Gasteiger partial charge on any atom is 0.272 e. The lowest BCUT2D eigenvalue weighted by atomic mass is 9.89. The fourth-order valence-electron chi connectivity index (χ4n) is 3.75. The number of hydrogen-bond acceptors (Lipinski definition) is 4. The van der Waals surface area contributed by atoms with Crippen molar-refractivity contribution in [3.05, 3.63) is 29.6 Å². The van der Waals surface area contributed by atoms with Crippen molar-refractivity contribution in [2.75, 3.05) is 13.1 Å². The van der Waals surface area contributed by atoms with Gasteiger partial charge in [-0.3, -0.25) is 9.59 Å². The molecule has 0 aliphatic carbocycles. The number of amides is 2. The first-order valence-electron chi connectivity index (χ1n) is 9.16. The van der Waals surface area contributed by atoms with Gasteiger partial charge in [-0.15, -0.1) is 0 Å². The van der Waals surface area contributed by atoms with Crippen molar-refractivity contribution in [2.24, 2.45) is 11.7 Å². The number of nitrogens with two attached hydrogens (primary N) is 1. The Bertz CT molecular complexity index is 639. The van der Waals surface area contributed by atoms with E-state index in [1.807, 2.05) is 17.0 Å². The van der Waals surface area contributed by atoms with Crippen LogP contribution in [0.2, 0.25) is 0 Å². The first-order valence-corrected chi connectivity index (χ1v) is 9.16. The Hall–Kier alpha value is -1.95. The van der Waals surface area contributed by atoms with Gasteiger partial charge < -0.3 is 15.4 Å². The maximum atomic E-state index is 12.7. The Labute approximate surface area is 148 Å². The summed E-state index contributed by atoms with van der Waals surface area (Å²) in [4.78, 5) is 30.3. The van der Waals surface area contributed by atoms with Crippen LogP contribution in [0.25, 0.3) is 0 Å². The van der Waals surface area contributed by atoms with E-state index in [4.69, 9.17) is 10.5 Å². The molecular weight excluding hydrogens is 318 g/mol. The second-order valence-corrected chi connectivity index (χ2v) is 7.37. The van der Waals surface area contributed by atoms with Crippen LogP contribution in [0, 0.1) is 5.92 Å². The average molecular weight is 345 g/mol. The zero-order chi connectivity index (χ0) is 18.0. The first kappa shape index (κ1) is 17.9. The fraction of sp³-hybridized carbons (Fsp3) is 0.632. The summed E-state index contributed by atoms with van der Waals surface area (Å²) < 4.78 is 5.79. The third-order valence-corrected chi connectivity index (χ3v) is 5.30. The number of ether oxygens (including phenoxy) is 1. The van der Waals surface area contributed by atoms with E-state index in [2.05, 4.69) is 18.8 Å². The van der Waals surface area contributed by atoms with Crippen LogP contribution in [0.3, 0.4) is 0 Å². The lowest BCUT2D eigenvalue weighted by molar-refractivity contribution is -0.130. The van der Waals surface area contributed by atoms with E-state index in [1.165, 1.54) is 0 Å². The monoisotopic (exact) mass is 345 g/mol. The van der Waals surface area contributed by atoms with Gasteiger partial charge in [-0.1, -0.05) is 19.9 Å². The highest BCUT2D eigenvalue weighted by atomic mass is 16.5. The van der Waals surface area contributed by atoms with Gasteiger partial charge in [0.25, 0.3) is 5.91 Å². The molecule has 1 aromatic rings. The fourth-order valence-corrected chi connectivity index (χ4v) is 3.75. The number of piperidine rings is 1. The van der Waals surface area contributed by atoms with E-state index < -0.39 is 6.10 Å². The Kier molecular flexibility index (Phi) is 5.37. The molecule has 6 nitrogen and oxygen atoms in total. The molecule has 0 unspecified atom stereocenters. The summed E-state index contributed by atoms with van der Waals surface area (Å²) in [7, 11) is 0. The van der Waals surface area contributed by atoms with E-state index in [-0.39, 0.29) is 17.9 Å². The Morgan fingerprint density at radius 3 is 2.52 bits per heavy atom. The number of aromatic nitrogens is 1. The Morgan fingerprint density at radius 2 is 1.92 bits per heavy atom. The molecule has 0 bridgehead atoms. The van der Waals surface area contributed by atoms with Gasteiger partial charge in [0, 0.05) is 18.8 Å². The molecule has 2 saturated heterocycles. The maximum absolute atomic E-state index is 12.7. The number of likely N-dealkylation sites (tertiary alicyclic amines) is 1. The average Bonchev–Trinajstić information content (AvgIpc) is 3.12. The highest BCUT2D eigenvalue weighted by molar-refractivity contribution is 5.92. The van der Waals surface area contributed by atoms with Crippen molar-refractivity contribution in [1.29, 1.82) is 0 Å². The van der Waals surface area contributed by atoms with Crippen molar-refractivity contribution < 1.29 is 14.3 Å². The SMILES string of the molecule is CC(C)c1cccc(C(=O)N2CCC([C@@H]3CC[C@H](C(N)=O)O3)CC2)n1. The Balaban J connectivity index is 1.56. The molecule has 1 aromatic heterocycles. The molecule has 6 heteroatoms. The minimum atomic E-state index is -0.437. The first-order chi connectivity index (χ1) is 12.0. The van der Waals surface area contributed by atoms with Gasteiger partial charge in [-0.25, -0.2) is 4.98 Å². The number of nitrogens with zero attached hydrogens (tertiary/aromatic N) is 2. The van der Waals surface area contributed by atoms with E-state index in [1.54, 1.807) is 6.07 Å². The van der Waals surface area contributed by atoms with E-state index in [9.17, 15) is 9.59 Å². The van der Waals surface area contributed by atoms with Gasteiger partial charge in [0.2, 0.25) is 5.91 Å². The third-order valence-electron chi connectivity index (χ3n) is 5.30. The summed E-state index contributed by atoms with van der Waals surface area (Å²) in [5.74, 6) is 0.328. The molecule has 136 valence electrons. The largest absolute Gasteiger partial charge is 0.367 e. The lowest BCUT2D eigenvalue weighted by Gasteiger charge is -2.34. The standard InChI is InChI=1S/C19H27N3O3/c1-12(2)14-4-3-5-15(21-14)19(24)22-10-8-13(9-11-22)16-6-7-17(25-16)18(20)23/h3-5,12-13,16-17H,6-11H2,1-2H3,(H2,20,23)/t16-,17+/m0/s1. The number of pyridine rings is 1. The van der Waals surface area contributed by atoms with Crippen molar-refractivity contribution in [3.63, 3.8) is 0 Å². The number of primary amides is 1. The summed E-state index contributed by atoms with van der Waals surface area (Å²) in [6.45, 7) is 5.56. The van der Waals surface area contributed by atoms with Crippen LogP contribution in [-0.4, -0.2) is 47.0 Å². The molecule has 3 heterocycles. The van der Waals surface area contributed by atoms with Crippen LogP contribution in [0.4, 0.5) is 0 Å². The van der Waals surface area contributed by atoms with Crippen LogP contribution < -0.4 is 5.73 Å². The summed E-state index contributed by atoms with van der Waals surface area (Å²) in [5.41, 5.74) is 6.79. The molecule has 0 radical (unpaired) electrons. The molecule has 2 amide bonds.